The molecule has 0 bridgehead atoms. The average molecular weight is 255 g/mol. The second-order valence-electron chi connectivity index (χ2n) is 5.39. The smallest absolute Gasteiger partial charge is 0.106 e. The van der Waals surface area contributed by atoms with E-state index in [-0.39, 0.29) is 0 Å². The van der Waals surface area contributed by atoms with Gasteiger partial charge in [-0.05, 0) is 38.8 Å². The first-order chi connectivity index (χ1) is 9.33. The van der Waals surface area contributed by atoms with Crippen LogP contribution in [0.2, 0.25) is 0 Å². The zero-order valence-electron chi connectivity index (χ0n) is 11.5. The van der Waals surface area contributed by atoms with Gasteiger partial charge in [0.15, 0.2) is 0 Å². The van der Waals surface area contributed by atoms with Crippen LogP contribution in [0.25, 0.3) is 11.3 Å². The van der Waals surface area contributed by atoms with Crippen LogP contribution in [0.1, 0.15) is 18.7 Å². The molecule has 100 valence electrons. The Morgan fingerprint density at radius 1 is 1.21 bits per heavy atom. The lowest BCUT2D eigenvalue weighted by Crippen LogP contribution is -2.29. The van der Waals surface area contributed by atoms with Crippen LogP contribution in [0.5, 0.6) is 0 Å². The van der Waals surface area contributed by atoms with E-state index in [1.165, 1.54) is 18.4 Å². The lowest BCUT2D eigenvalue weighted by Gasteiger charge is -2.23. The zero-order chi connectivity index (χ0) is 13.1. The fourth-order valence-corrected chi connectivity index (χ4v) is 2.78. The largest absolute Gasteiger partial charge is 0.334 e. The third-order valence-corrected chi connectivity index (χ3v) is 3.96. The monoisotopic (exact) mass is 255 g/mol. The van der Waals surface area contributed by atoms with Crippen molar-refractivity contribution in [2.24, 2.45) is 5.92 Å². The summed E-state index contributed by atoms with van der Waals surface area (Å²) in [7, 11) is 0. The van der Waals surface area contributed by atoms with Crippen LogP contribution in [-0.2, 0) is 6.54 Å². The predicted octanol–water partition coefficient (Wildman–Crippen LogP) is 2.86. The van der Waals surface area contributed by atoms with Gasteiger partial charge in [0, 0.05) is 18.3 Å². The van der Waals surface area contributed by atoms with E-state index in [9.17, 15) is 0 Å². The van der Waals surface area contributed by atoms with E-state index >= 15 is 0 Å². The Bertz CT molecular complexity index is 524. The summed E-state index contributed by atoms with van der Waals surface area (Å²) in [5.74, 6) is 1.91. The lowest BCUT2D eigenvalue weighted by atomic mass is 9.98. The molecule has 2 heterocycles. The number of aromatic nitrogens is 2. The maximum Gasteiger partial charge on any atom is 0.106 e. The molecule has 1 aromatic heterocycles. The molecule has 19 heavy (non-hydrogen) atoms. The summed E-state index contributed by atoms with van der Waals surface area (Å²) in [6, 6.07) is 10.4. The van der Waals surface area contributed by atoms with E-state index in [4.69, 9.17) is 4.98 Å². The Morgan fingerprint density at radius 3 is 2.68 bits per heavy atom. The fraction of sp³-hybridized carbons (Fsp3) is 0.438. The highest BCUT2D eigenvalue weighted by molar-refractivity contribution is 5.58. The second kappa shape index (κ2) is 5.57. The molecule has 0 saturated carbocycles. The average Bonchev–Trinajstić information content (AvgIpc) is 2.82. The van der Waals surface area contributed by atoms with Crippen LogP contribution in [0.4, 0.5) is 0 Å². The normalized spacial score (nSPS) is 16.7. The van der Waals surface area contributed by atoms with Crippen LogP contribution in [0, 0.1) is 12.8 Å². The molecule has 0 unspecified atom stereocenters. The Morgan fingerprint density at radius 2 is 1.95 bits per heavy atom. The molecular weight excluding hydrogens is 234 g/mol. The molecule has 3 rings (SSSR count). The van der Waals surface area contributed by atoms with Crippen molar-refractivity contribution in [3.8, 4) is 11.3 Å². The first-order valence-corrected chi connectivity index (χ1v) is 7.13. The molecule has 1 aliphatic rings. The Hall–Kier alpha value is -1.61. The molecule has 0 aliphatic carbocycles. The van der Waals surface area contributed by atoms with Gasteiger partial charge in [-0.3, -0.25) is 0 Å². The molecule has 0 amide bonds. The lowest BCUT2D eigenvalue weighted by molar-refractivity contribution is 0.331. The van der Waals surface area contributed by atoms with E-state index in [0.29, 0.717) is 0 Å². The quantitative estimate of drug-likeness (QED) is 0.914. The highest BCUT2D eigenvalue weighted by Crippen LogP contribution is 2.21. The van der Waals surface area contributed by atoms with Crippen LogP contribution in [0.15, 0.2) is 36.5 Å². The molecule has 0 atom stereocenters. The minimum Gasteiger partial charge on any atom is -0.334 e. The molecule has 2 aromatic rings. The van der Waals surface area contributed by atoms with E-state index < -0.39 is 0 Å². The van der Waals surface area contributed by atoms with Crippen molar-refractivity contribution in [2.45, 2.75) is 26.3 Å². The van der Waals surface area contributed by atoms with Crippen molar-refractivity contribution in [3.05, 3.63) is 42.4 Å². The van der Waals surface area contributed by atoms with Crippen LogP contribution < -0.4 is 5.32 Å². The van der Waals surface area contributed by atoms with Crippen LogP contribution in [-0.4, -0.2) is 22.6 Å². The van der Waals surface area contributed by atoms with E-state index in [1.54, 1.807) is 0 Å². The minimum absolute atomic E-state index is 0.790. The summed E-state index contributed by atoms with van der Waals surface area (Å²) < 4.78 is 2.32. The second-order valence-corrected chi connectivity index (χ2v) is 5.39. The van der Waals surface area contributed by atoms with Gasteiger partial charge in [-0.2, -0.15) is 0 Å². The minimum atomic E-state index is 0.790. The summed E-state index contributed by atoms with van der Waals surface area (Å²) in [5.41, 5.74) is 2.29. The Labute approximate surface area is 114 Å². The molecule has 1 N–H and O–H groups in total. The number of piperidine rings is 1. The van der Waals surface area contributed by atoms with Gasteiger partial charge < -0.3 is 9.88 Å². The number of nitrogens with one attached hydrogen (secondary N) is 1. The van der Waals surface area contributed by atoms with Gasteiger partial charge in [-0.15, -0.1) is 0 Å². The summed E-state index contributed by atoms with van der Waals surface area (Å²) >= 11 is 0. The Balaban J connectivity index is 1.77. The first-order valence-electron chi connectivity index (χ1n) is 7.13. The number of aryl methyl sites for hydroxylation is 1. The summed E-state index contributed by atoms with van der Waals surface area (Å²) in [5, 5.41) is 3.42. The maximum absolute atomic E-state index is 4.69. The van der Waals surface area contributed by atoms with Crippen molar-refractivity contribution in [2.75, 3.05) is 13.1 Å². The molecule has 0 radical (unpaired) electrons. The summed E-state index contributed by atoms with van der Waals surface area (Å²) in [4.78, 5) is 4.69. The number of hydrogen-bond acceptors (Lipinski definition) is 2. The molecule has 1 fully saturated rings. The van der Waals surface area contributed by atoms with Gasteiger partial charge in [-0.1, -0.05) is 30.3 Å². The third kappa shape index (κ3) is 2.87. The fourth-order valence-electron chi connectivity index (χ4n) is 2.78. The van der Waals surface area contributed by atoms with Gasteiger partial charge in [0.1, 0.15) is 5.82 Å². The van der Waals surface area contributed by atoms with Crippen LogP contribution in [0.3, 0.4) is 0 Å². The van der Waals surface area contributed by atoms with Crippen molar-refractivity contribution < 1.29 is 0 Å². The molecule has 1 aromatic carbocycles. The number of nitrogens with zero attached hydrogens (tertiary/aromatic N) is 2. The topological polar surface area (TPSA) is 29.9 Å². The highest BCUT2D eigenvalue weighted by Gasteiger charge is 2.15. The molecule has 3 heteroatoms. The number of rotatable bonds is 3. The van der Waals surface area contributed by atoms with Gasteiger partial charge in [0.25, 0.3) is 0 Å². The molecule has 1 aliphatic heterocycles. The Kier molecular flexibility index (Phi) is 3.65. The van der Waals surface area contributed by atoms with Crippen LogP contribution >= 0.6 is 0 Å². The predicted molar refractivity (Wildman–Crippen MR) is 78.0 cm³/mol. The van der Waals surface area contributed by atoms with Crippen molar-refractivity contribution in [1.82, 2.24) is 14.9 Å². The van der Waals surface area contributed by atoms with Gasteiger partial charge in [0.2, 0.25) is 0 Å². The molecule has 1 saturated heterocycles. The molecule has 3 nitrogen and oxygen atoms in total. The van der Waals surface area contributed by atoms with Gasteiger partial charge >= 0.3 is 0 Å². The van der Waals surface area contributed by atoms with Gasteiger partial charge in [-0.25, -0.2) is 4.98 Å². The molecular formula is C16H21N3. The standard InChI is InChI=1S/C16H21N3/c1-13-18-16(15-5-3-2-4-6-15)12-19(13)11-14-7-9-17-10-8-14/h2-6,12,14,17H,7-11H2,1H3. The van der Waals surface area contributed by atoms with Crippen molar-refractivity contribution >= 4 is 0 Å². The third-order valence-electron chi connectivity index (χ3n) is 3.96. The SMILES string of the molecule is Cc1nc(-c2ccccc2)cn1CC1CCNCC1. The summed E-state index contributed by atoms with van der Waals surface area (Å²) in [6.07, 6.45) is 4.75. The van der Waals surface area contributed by atoms with E-state index in [2.05, 4.69) is 47.3 Å². The number of benzene rings is 1. The van der Waals surface area contributed by atoms with Crippen molar-refractivity contribution in [3.63, 3.8) is 0 Å². The molecule has 0 spiro atoms. The first kappa shape index (κ1) is 12.4. The van der Waals surface area contributed by atoms with E-state index in [0.717, 1.165) is 37.1 Å². The van der Waals surface area contributed by atoms with Gasteiger partial charge in [0.05, 0.1) is 5.69 Å². The zero-order valence-corrected chi connectivity index (χ0v) is 11.5. The summed E-state index contributed by atoms with van der Waals surface area (Å²) in [6.45, 7) is 5.52. The maximum atomic E-state index is 4.69. The van der Waals surface area contributed by atoms with Crippen molar-refractivity contribution in [1.29, 1.82) is 0 Å². The number of imidazole rings is 1. The highest BCUT2D eigenvalue weighted by atomic mass is 15.1. The van der Waals surface area contributed by atoms with E-state index in [1.807, 2.05) is 6.07 Å². The number of hydrogen-bond donors (Lipinski definition) is 1.